The first-order chi connectivity index (χ1) is 15.1. The second-order valence-electron chi connectivity index (χ2n) is 9.61. The van der Waals surface area contributed by atoms with E-state index in [2.05, 4.69) is 13.8 Å². The third-order valence-corrected chi connectivity index (χ3v) is 6.56. The first-order valence-corrected chi connectivity index (χ1v) is 13.9. The molecule has 0 aliphatic carbocycles. The van der Waals surface area contributed by atoms with Crippen molar-refractivity contribution in [2.45, 2.75) is 162 Å². The molecule has 0 spiro atoms. The molecule has 31 heavy (non-hydrogen) atoms. The third-order valence-electron chi connectivity index (χ3n) is 6.56. The molecule has 0 bridgehead atoms. The van der Waals surface area contributed by atoms with Crippen molar-refractivity contribution >= 4 is 11.8 Å². The lowest BCUT2D eigenvalue weighted by atomic mass is 9.93. The summed E-state index contributed by atoms with van der Waals surface area (Å²) in [5.74, 6) is -1.72. The van der Waals surface area contributed by atoms with Crippen LogP contribution in [0.15, 0.2) is 0 Å². The molecule has 0 unspecified atom stereocenters. The Morgan fingerprint density at radius 3 is 1.19 bits per heavy atom. The number of rotatable bonds is 25. The van der Waals surface area contributed by atoms with E-state index in [0.717, 1.165) is 25.7 Å². The molecule has 0 radical (unpaired) electrons. The summed E-state index contributed by atoms with van der Waals surface area (Å²) in [5.41, 5.74) is 0. The highest BCUT2D eigenvalue weighted by Gasteiger charge is 2.24. The Kier molecular flexibility index (Phi) is 23.1. The number of carbonyl (C=O) groups is 2. The van der Waals surface area contributed by atoms with E-state index in [1.807, 2.05) is 0 Å². The average molecular weight is 439 g/mol. The second kappa shape index (κ2) is 23.8. The Morgan fingerprint density at radius 1 is 0.516 bits per heavy atom. The monoisotopic (exact) mass is 438 g/mol. The van der Waals surface area contributed by atoms with E-state index in [-0.39, 0.29) is 5.78 Å². The molecule has 0 aliphatic rings. The van der Waals surface area contributed by atoms with E-state index in [1.165, 1.54) is 109 Å². The van der Waals surface area contributed by atoms with Gasteiger partial charge in [-0.15, -0.1) is 0 Å². The van der Waals surface area contributed by atoms with Gasteiger partial charge in [0.1, 0.15) is 11.7 Å². The molecule has 1 N–H and O–H groups in total. The molecular weight excluding hydrogens is 384 g/mol. The van der Waals surface area contributed by atoms with E-state index in [4.69, 9.17) is 0 Å². The van der Waals surface area contributed by atoms with Crippen LogP contribution in [-0.4, -0.2) is 16.9 Å². The third kappa shape index (κ3) is 20.8. The Bertz CT molecular complexity index is 405. The van der Waals surface area contributed by atoms with Gasteiger partial charge >= 0.3 is 5.97 Å². The lowest BCUT2D eigenvalue weighted by Gasteiger charge is -2.11. The molecule has 0 saturated carbocycles. The minimum absolute atomic E-state index is 0.0423. The topological polar surface area (TPSA) is 54.4 Å². The number of carboxylic acid groups (broad SMARTS) is 1. The fraction of sp³-hybridized carbons (Fsp3) is 0.929. The van der Waals surface area contributed by atoms with Crippen molar-refractivity contribution in [3.05, 3.63) is 0 Å². The number of carboxylic acids is 1. The first-order valence-electron chi connectivity index (χ1n) is 13.9. The molecule has 0 aromatic heterocycles. The van der Waals surface area contributed by atoms with Crippen molar-refractivity contribution in [2.75, 3.05) is 0 Å². The maximum Gasteiger partial charge on any atom is 0.314 e. The van der Waals surface area contributed by atoms with E-state index >= 15 is 0 Å². The van der Waals surface area contributed by atoms with E-state index < -0.39 is 11.9 Å². The summed E-state index contributed by atoms with van der Waals surface area (Å²) in [5, 5.41) is 9.44. The smallest absolute Gasteiger partial charge is 0.314 e. The van der Waals surface area contributed by atoms with Crippen LogP contribution in [0.25, 0.3) is 0 Å². The SMILES string of the molecule is CCCCCCCCCCCCCC(=O)[C@@H](CCCCCCCCCCCC)C(=O)O. The molecule has 0 aliphatic heterocycles. The molecule has 0 fully saturated rings. The van der Waals surface area contributed by atoms with Crippen molar-refractivity contribution in [2.24, 2.45) is 5.92 Å². The quantitative estimate of drug-likeness (QED) is 0.114. The lowest BCUT2D eigenvalue weighted by molar-refractivity contribution is -0.146. The molecule has 0 rings (SSSR count). The fourth-order valence-electron chi connectivity index (χ4n) is 4.40. The Morgan fingerprint density at radius 2 is 0.839 bits per heavy atom. The average Bonchev–Trinajstić information content (AvgIpc) is 2.75. The highest BCUT2D eigenvalue weighted by molar-refractivity contribution is 5.98. The number of hydrogen-bond donors (Lipinski definition) is 1. The zero-order valence-electron chi connectivity index (χ0n) is 21.1. The minimum atomic E-state index is -0.913. The van der Waals surface area contributed by atoms with Crippen LogP contribution in [0.3, 0.4) is 0 Å². The predicted octanol–water partition coefficient (Wildman–Crippen LogP) is 9.27. The summed E-state index contributed by atoms with van der Waals surface area (Å²) >= 11 is 0. The van der Waals surface area contributed by atoms with Crippen molar-refractivity contribution in [3.8, 4) is 0 Å². The Labute approximate surface area is 194 Å². The molecular formula is C28H54O3. The molecule has 184 valence electrons. The summed E-state index contributed by atoms with van der Waals surface area (Å²) in [6.07, 6.45) is 27.1. The van der Waals surface area contributed by atoms with Crippen LogP contribution in [0, 0.1) is 5.92 Å². The molecule has 0 heterocycles. The molecule has 3 nitrogen and oxygen atoms in total. The summed E-state index contributed by atoms with van der Waals surface area (Å²) in [4.78, 5) is 23.9. The molecule has 3 heteroatoms. The van der Waals surface area contributed by atoms with Gasteiger partial charge in [-0.3, -0.25) is 9.59 Å². The van der Waals surface area contributed by atoms with Crippen LogP contribution in [0.2, 0.25) is 0 Å². The predicted molar refractivity (Wildman–Crippen MR) is 134 cm³/mol. The van der Waals surface area contributed by atoms with E-state index in [1.54, 1.807) is 0 Å². The maximum absolute atomic E-state index is 12.4. The normalized spacial score (nSPS) is 12.2. The van der Waals surface area contributed by atoms with Gasteiger partial charge in [-0.1, -0.05) is 142 Å². The van der Waals surface area contributed by atoms with E-state index in [0.29, 0.717) is 12.8 Å². The van der Waals surface area contributed by atoms with Crippen LogP contribution >= 0.6 is 0 Å². The van der Waals surface area contributed by atoms with Crippen LogP contribution in [0.1, 0.15) is 162 Å². The summed E-state index contributed by atoms with van der Waals surface area (Å²) in [6.45, 7) is 4.49. The second-order valence-corrected chi connectivity index (χ2v) is 9.61. The van der Waals surface area contributed by atoms with Crippen molar-refractivity contribution in [3.63, 3.8) is 0 Å². The van der Waals surface area contributed by atoms with Crippen molar-refractivity contribution in [1.82, 2.24) is 0 Å². The van der Waals surface area contributed by atoms with Crippen LogP contribution < -0.4 is 0 Å². The summed E-state index contributed by atoms with van der Waals surface area (Å²) in [7, 11) is 0. The van der Waals surface area contributed by atoms with Gasteiger partial charge in [-0.05, 0) is 12.8 Å². The number of carbonyl (C=O) groups excluding carboxylic acids is 1. The summed E-state index contributed by atoms with van der Waals surface area (Å²) in [6, 6.07) is 0. The highest BCUT2D eigenvalue weighted by Crippen LogP contribution is 2.18. The van der Waals surface area contributed by atoms with Crippen molar-refractivity contribution in [1.29, 1.82) is 0 Å². The van der Waals surface area contributed by atoms with Gasteiger partial charge in [-0.25, -0.2) is 0 Å². The van der Waals surface area contributed by atoms with Crippen LogP contribution in [-0.2, 0) is 9.59 Å². The summed E-state index contributed by atoms with van der Waals surface area (Å²) < 4.78 is 0. The lowest BCUT2D eigenvalue weighted by Crippen LogP contribution is -2.23. The maximum atomic E-state index is 12.4. The van der Waals surface area contributed by atoms with Gasteiger partial charge in [0.15, 0.2) is 0 Å². The van der Waals surface area contributed by atoms with E-state index in [9.17, 15) is 14.7 Å². The Balaban J connectivity index is 3.63. The number of aliphatic carboxylic acids is 1. The van der Waals surface area contributed by atoms with Crippen molar-refractivity contribution < 1.29 is 14.7 Å². The molecule has 1 atom stereocenters. The Hall–Kier alpha value is -0.860. The molecule has 0 aromatic rings. The standard InChI is InChI=1S/C28H54O3/c1-3-5-7-9-11-13-15-17-19-21-23-25-27(29)26(28(30)31)24-22-20-18-16-14-12-10-8-6-4-2/h26H,3-25H2,1-2H3,(H,30,31)/t26-/m1/s1. The molecule has 0 aromatic carbocycles. The van der Waals surface area contributed by atoms with Crippen LogP contribution in [0.4, 0.5) is 0 Å². The van der Waals surface area contributed by atoms with Crippen LogP contribution in [0.5, 0.6) is 0 Å². The van der Waals surface area contributed by atoms with Gasteiger partial charge in [0.05, 0.1) is 0 Å². The molecule has 0 saturated heterocycles. The van der Waals surface area contributed by atoms with Gasteiger partial charge in [0.2, 0.25) is 0 Å². The van der Waals surface area contributed by atoms with Gasteiger partial charge in [0.25, 0.3) is 0 Å². The number of unbranched alkanes of at least 4 members (excludes halogenated alkanes) is 19. The number of hydrogen-bond acceptors (Lipinski definition) is 2. The number of Topliss-reactive ketones (excluding diaryl/α,β-unsaturated/α-hetero) is 1. The zero-order chi connectivity index (χ0) is 23.0. The number of ketones is 1. The minimum Gasteiger partial charge on any atom is -0.481 e. The zero-order valence-corrected chi connectivity index (χ0v) is 21.1. The highest BCUT2D eigenvalue weighted by atomic mass is 16.4. The fourth-order valence-corrected chi connectivity index (χ4v) is 4.40. The first kappa shape index (κ1) is 30.1. The van der Waals surface area contributed by atoms with Gasteiger partial charge in [-0.2, -0.15) is 0 Å². The largest absolute Gasteiger partial charge is 0.481 e. The van der Waals surface area contributed by atoms with Gasteiger partial charge in [0, 0.05) is 6.42 Å². The molecule has 0 amide bonds. The van der Waals surface area contributed by atoms with Gasteiger partial charge < -0.3 is 5.11 Å².